The van der Waals surface area contributed by atoms with Crippen molar-refractivity contribution in [1.82, 2.24) is 4.90 Å². The first-order chi connectivity index (χ1) is 13.4. The van der Waals surface area contributed by atoms with Gasteiger partial charge in [-0.25, -0.2) is 0 Å². The molecule has 0 aliphatic carbocycles. The van der Waals surface area contributed by atoms with E-state index < -0.39 is 17.9 Å². The summed E-state index contributed by atoms with van der Waals surface area (Å²) in [7, 11) is 0. The number of nitrogens with zero attached hydrogens (tertiary/aromatic N) is 4. The molecule has 2 amide bonds. The predicted octanol–water partition coefficient (Wildman–Crippen LogP) is 4.87. The number of benzene rings is 1. The molecule has 0 bridgehead atoms. The molecule has 1 aromatic carbocycles. The van der Waals surface area contributed by atoms with Crippen LogP contribution >= 0.6 is 0 Å². The molecule has 2 rings (SSSR count). The molecule has 6 heteroatoms. The summed E-state index contributed by atoms with van der Waals surface area (Å²) in [6.07, 6.45) is 3.93. The normalized spacial score (nSPS) is 18.7. The largest absolute Gasteiger partial charge is 0.275 e. The highest BCUT2D eigenvalue weighted by Crippen LogP contribution is 2.27. The monoisotopic (exact) mass is 380 g/mol. The number of amides is 2. The zero-order valence-corrected chi connectivity index (χ0v) is 17.1. The molecule has 0 spiro atoms. The highest BCUT2D eigenvalue weighted by Gasteiger charge is 2.40. The minimum absolute atomic E-state index is 0.00122. The molecule has 0 saturated heterocycles. The van der Waals surface area contributed by atoms with Gasteiger partial charge in [-0.3, -0.25) is 14.5 Å². The summed E-state index contributed by atoms with van der Waals surface area (Å²) in [6, 6.07) is 8.51. The lowest BCUT2D eigenvalue weighted by Gasteiger charge is -2.31. The maximum Gasteiger partial charge on any atom is 0.271 e. The lowest BCUT2D eigenvalue weighted by Crippen LogP contribution is -2.49. The average molecular weight is 380 g/mol. The molecule has 6 nitrogen and oxygen atoms in total. The van der Waals surface area contributed by atoms with Crippen molar-refractivity contribution in [3.8, 4) is 6.07 Å². The van der Waals surface area contributed by atoms with Gasteiger partial charge in [-0.2, -0.15) is 15.5 Å². The fraction of sp³-hybridized carbons (Fsp3) is 0.500. The van der Waals surface area contributed by atoms with Crippen LogP contribution in [0.3, 0.4) is 0 Å². The van der Waals surface area contributed by atoms with Crippen LogP contribution in [-0.2, 0) is 9.59 Å². The van der Waals surface area contributed by atoms with Crippen molar-refractivity contribution >= 4 is 17.5 Å². The van der Waals surface area contributed by atoms with Gasteiger partial charge in [0, 0.05) is 6.54 Å². The molecule has 1 aromatic rings. The third-order valence-corrected chi connectivity index (χ3v) is 5.26. The van der Waals surface area contributed by atoms with Gasteiger partial charge in [-0.1, -0.05) is 51.3 Å². The Morgan fingerprint density at radius 1 is 1.21 bits per heavy atom. The SMILES string of the molecule is CCCCC(CC)CN1C(=O)C(C#N)=C(C)C(/N=N/c2ccccc2C)C1=O. The Labute approximate surface area is 166 Å². The zero-order chi connectivity index (χ0) is 20.7. The van der Waals surface area contributed by atoms with E-state index in [9.17, 15) is 14.9 Å². The molecule has 0 radical (unpaired) electrons. The number of azo groups is 1. The molecule has 1 heterocycles. The first-order valence-corrected chi connectivity index (χ1v) is 9.87. The number of imide groups is 1. The molecule has 2 atom stereocenters. The highest BCUT2D eigenvalue weighted by molar-refractivity contribution is 6.12. The molecule has 0 aromatic heterocycles. The molecule has 1 aliphatic rings. The van der Waals surface area contributed by atoms with Crippen LogP contribution in [0.4, 0.5) is 5.69 Å². The lowest BCUT2D eigenvalue weighted by molar-refractivity contribution is -0.144. The van der Waals surface area contributed by atoms with Crippen LogP contribution in [0.15, 0.2) is 45.6 Å². The van der Waals surface area contributed by atoms with Crippen LogP contribution in [0.5, 0.6) is 0 Å². The fourth-order valence-corrected chi connectivity index (χ4v) is 3.29. The number of unbranched alkanes of at least 4 members (excludes halogenated alkanes) is 1. The first kappa shape index (κ1) is 21.5. The molecular formula is C22H28N4O2. The standard InChI is InChI=1S/C22H28N4O2/c1-5-7-11-17(6-2)14-26-21(27)18(13-23)16(4)20(22(26)28)25-24-19-12-9-8-10-15(19)3/h8-10,12,17,20H,5-7,11,14H2,1-4H3/b25-24+. The molecule has 148 valence electrons. The Balaban J connectivity index is 2.33. The molecule has 0 fully saturated rings. The van der Waals surface area contributed by atoms with Gasteiger partial charge in [-0.15, -0.1) is 0 Å². The van der Waals surface area contributed by atoms with Gasteiger partial charge in [-0.05, 0) is 43.4 Å². The van der Waals surface area contributed by atoms with Crippen molar-refractivity contribution in [2.75, 3.05) is 6.54 Å². The smallest absolute Gasteiger partial charge is 0.271 e. The van der Waals surface area contributed by atoms with Crippen LogP contribution < -0.4 is 0 Å². The third-order valence-electron chi connectivity index (χ3n) is 5.26. The summed E-state index contributed by atoms with van der Waals surface area (Å²) in [4.78, 5) is 27.0. The van der Waals surface area contributed by atoms with Gasteiger partial charge in [0.2, 0.25) is 0 Å². The van der Waals surface area contributed by atoms with Gasteiger partial charge in [0.25, 0.3) is 11.8 Å². The molecule has 0 N–H and O–H groups in total. The quantitative estimate of drug-likeness (QED) is 0.476. The van der Waals surface area contributed by atoms with Crippen LogP contribution in [0.1, 0.15) is 52.0 Å². The molecule has 2 unspecified atom stereocenters. The van der Waals surface area contributed by atoms with E-state index >= 15 is 0 Å². The second kappa shape index (κ2) is 9.93. The molecular weight excluding hydrogens is 352 g/mol. The van der Waals surface area contributed by atoms with Gasteiger partial charge in [0.15, 0.2) is 6.04 Å². The second-order valence-electron chi connectivity index (χ2n) is 7.24. The minimum atomic E-state index is -0.935. The number of rotatable bonds is 8. The summed E-state index contributed by atoms with van der Waals surface area (Å²) in [5.74, 6) is -0.684. The maximum atomic E-state index is 13.0. The summed E-state index contributed by atoms with van der Waals surface area (Å²) in [5, 5.41) is 17.9. The van der Waals surface area contributed by atoms with E-state index in [2.05, 4.69) is 24.1 Å². The Morgan fingerprint density at radius 2 is 1.93 bits per heavy atom. The van der Waals surface area contributed by atoms with Crippen molar-refractivity contribution in [2.45, 2.75) is 59.4 Å². The van der Waals surface area contributed by atoms with Gasteiger partial charge < -0.3 is 0 Å². The van der Waals surface area contributed by atoms with Crippen molar-refractivity contribution in [3.05, 3.63) is 41.0 Å². The number of carbonyl (C=O) groups is 2. The summed E-state index contributed by atoms with van der Waals surface area (Å²) >= 11 is 0. The second-order valence-corrected chi connectivity index (χ2v) is 7.24. The third kappa shape index (κ3) is 4.72. The van der Waals surface area contributed by atoms with Gasteiger partial charge in [0.05, 0.1) is 5.69 Å². The average Bonchev–Trinajstić information content (AvgIpc) is 2.69. The van der Waals surface area contributed by atoms with Crippen LogP contribution in [-0.4, -0.2) is 29.3 Å². The van der Waals surface area contributed by atoms with Crippen LogP contribution in [0, 0.1) is 24.2 Å². The Bertz CT molecular complexity index is 835. The van der Waals surface area contributed by atoms with E-state index in [0.717, 1.165) is 31.2 Å². The summed E-state index contributed by atoms with van der Waals surface area (Å²) in [6.45, 7) is 8.02. The number of hydrogen-bond donors (Lipinski definition) is 0. The summed E-state index contributed by atoms with van der Waals surface area (Å²) < 4.78 is 0. The Morgan fingerprint density at radius 3 is 2.54 bits per heavy atom. The number of nitriles is 1. The van der Waals surface area contributed by atoms with Crippen molar-refractivity contribution in [3.63, 3.8) is 0 Å². The Kier molecular flexibility index (Phi) is 7.62. The van der Waals surface area contributed by atoms with Gasteiger partial charge >= 0.3 is 0 Å². The zero-order valence-electron chi connectivity index (χ0n) is 17.1. The van der Waals surface area contributed by atoms with E-state index in [1.165, 1.54) is 4.90 Å². The van der Waals surface area contributed by atoms with E-state index in [1.807, 2.05) is 37.3 Å². The summed E-state index contributed by atoms with van der Waals surface area (Å²) in [5.41, 5.74) is 1.97. The molecule has 0 saturated carbocycles. The first-order valence-electron chi connectivity index (χ1n) is 9.87. The van der Waals surface area contributed by atoms with Crippen LogP contribution in [0.2, 0.25) is 0 Å². The van der Waals surface area contributed by atoms with Gasteiger partial charge in [0.1, 0.15) is 11.6 Å². The number of hydrogen-bond acceptors (Lipinski definition) is 5. The van der Waals surface area contributed by atoms with E-state index in [1.54, 1.807) is 6.92 Å². The van der Waals surface area contributed by atoms with E-state index in [0.29, 0.717) is 17.8 Å². The minimum Gasteiger partial charge on any atom is -0.275 e. The lowest BCUT2D eigenvalue weighted by atomic mass is 9.93. The highest BCUT2D eigenvalue weighted by atomic mass is 16.2. The Hall–Kier alpha value is -2.81. The van der Waals surface area contributed by atoms with Crippen molar-refractivity contribution in [2.24, 2.45) is 16.1 Å². The van der Waals surface area contributed by atoms with Crippen LogP contribution in [0.25, 0.3) is 0 Å². The maximum absolute atomic E-state index is 13.0. The fourth-order valence-electron chi connectivity index (χ4n) is 3.29. The topological polar surface area (TPSA) is 85.9 Å². The predicted molar refractivity (Wildman–Crippen MR) is 108 cm³/mol. The van der Waals surface area contributed by atoms with Crippen molar-refractivity contribution < 1.29 is 9.59 Å². The molecule has 1 aliphatic heterocycles. The van der Waals surface area contributed by atoms with Crippen molar-refractivity contribution in [1.29, 1.82) is 5.26 Å². The molecule has 28 heavy (non-hydrogen) atoms. The van der Waals surface area contributed by atoms with E-state index in [4.69, 9.17) is 0 Å². The van der Waals surface area contributed by atoms with E-state index in [-0.39, 0.29) is 11.5 Å². The number of carbonyl (C=O) groups excluding carboxylic acids is 2. The number of aryl methyl sites for hydroxylation is 1.